The summed E-state index contributed by atoms with van der Waals surface area (Å²) in [5, 5.41) is 10.4. The first-order chi connectivity index (χ1) is 10.1. The zero-order valence-corrected chi connectivity index (χ0v) is 11.7. The van der Waals surface area contributed by atoms with E-state index < -0.39 is 17.7 Å². The highest BCUT2D eigenvalue weighted by Crippen LogP contribution is 2.29. The van der Waals surface area contributed by atoms with E-state index in [1.807, 2.05) is 12.1 Å². The van der Waals surface area contributed by atoms with Crippen LogP contribution in [0, 0.1) is 17.6 Å². The Morgan fingerprint density at radius 1 is 1.05 bits per heavy atom. The lowest BCUT2D eigenvalue weighted by Crippen LogP contribution is -2.28. The fourth-order valence-corrected chi connectivity index (χ4v) is 3.15. The molecule has 0 aliphatic heterocycles. The van der Waals surface area contributed by atoms with Gasteiger partial charge in [-0.15, -0.1) is 0 Å². The van der Waals surface area contributed by atoms with Crippen molar-refractivity contribution in [1.29, 1.82) is 0 Å². The molecule has 0 heterocycles. The Balaban J connectivity index is 1.72. The molecule has 0 aromatic heterocycles. The molecule has 2 atom stereocenters. The lowest BCUT2D eigenvalue weighted by molar-refractivity contribution is 0.0983. The van der Waals surface area contributed by atoms with E-state index in [4.69, 9.17) is 0 Å². The van der Waals surface area contributed by atoms with Crippen LogP contribution in [0.15, 0.2) is 42.5 Å². The minimum absolute atomic E-state index is 0.0996. The number of aliphatic hydroxyl groups excluding tert-OH is 1. The Kier molecular flexibility index (Phi) is 4.02. The second kappa shape index (κ2) is 5.94. The minimum Gasteiger partial charge on any atom is -0.392 e. The number of benzene rings is 2. The molecule has 0 fully saturated rings. The third kappa shape index (κ3) is 2.98. The summed E-state index contributed by atoms with van der Waals surface area (Å²) in [5.41, 5.74) is 2.84. The van der Waals surface area contributed by atoms with Gasteiger partial charge in [-0.2, -0.15) is 0 Å². The quantitative estimate of drug-likeness (QED) is 0.913. The predicted molar refractivity (Wildman–Crippen MR) is 78.0 cm³/mol. The molecule has 3 rings (SSSR count). The van der Waals surface area contributed by atoms with Crippen molar-refractivity contribution in [3.8, 4) is 0 Å². The molecule has 0 amide bonds. The molecule has 2 unspecified atom stereocenters. The summed E-state index contributed by atoms with van der Waals surface area (Å²) in [6.45, 7) is 0. The largest absolute Gasteiger partial charge is 0.392 e. The van der Waals surface area contributed by atoms with Gasteiger partial charge in [0, 0.05) is 6.42 Å². The Labute approximate surface area is 123 Å². The molecule has 1 aliphatic carbocycles. The van der Waals surface area contributed by atoms with Gasteiger partial charge < -0.3 is 5.11 Å². The Hall–Kier alpha value is -1.74. The third-order valence-electron chi connectivity index (χ3n) is 4.39. The number of aliphatic hydroxyl groups is 1. The second-order valence-electron chi connectivity index (χ2n) is 5.76. The molecular weight excluding hydrogens is 270 g/mol. The average molecular weight is 288 g/mol. The van der Waals surface area contributed by atoms with Crippen molar-refractivity contribution in [3.63, 3.8) is 0 Å². The average Bonchev–Trinajstić information content (AvgIpc) is 2.51. The van der Waals surface area contributed by atoms with Crippen LogP contribution in [-0.4, -0.2) is 11.2 Å². The van der Waals surface area contributed by atoms with Crippen LogP contribution in [0.1, 0.15) is 23.1 Å². The first kappa shape index (κ1) is 14.2. The molecule has 1 nitrogen and oxygen atoms in total. The van der Waals surface area contributed by atoms with E-state index in [2.05, 4.69) is 12.1 Å². The van der Waals surface area contributed by atoms with Crippen LogP contribution in [0.2, 0.25) is 0 Å². The van der Waals surface area contributed by atoms with Crippen molar-refractivity contribution in [2.24, 2.45) is 5.92 Å². The van der Waals surface area contributed by atoms with E-state index in [9.17, 15) is 13.9 Å². The van der Waals surface area contributed by atoms with Gasteiger partial charge in [-0.1, -0.05) is 36.4 Å². The maximum atomic E-state index is 13.7. The summed E-state index contributed by atoms with van der Waals surface area (Å²) >= 11 is 0. The van der Waals surface area contributed by atoms with Crippen molar-refractivity contribution in [2.45, 2.75) is 31.8 Å². The minimum atomic E-state index is -0.853. The van der Waals surface area contributed by atoms with E-state index in [1.165, 1.54) is 17.2 Å². The van der Waals surface area contributed by atoms with Crippen molar-refractivity contribution < 1.29 is 13.9 Å². The van der Waals surface area contributed by atoms with Crippen LogP contribution in [0.3, 0.4) is 0 Å². The Morgan fingerprint density at radius 3 is 2.62 bits per heavy atom. The molecule has 110 valence electrons. The lowest BCUT2D eigenvalue weighted by Gasteiger charge is -2.28. The number of rotatable bonds is 3. The number of halogens is 2. The van der Waals surface area contributed by atoms with Gasteiger partial charge in [0.05, 0.1) is 6.10 Å². The Bertz CT molecular complexity index is 639. The van der Waals surface area contributed by atoms with Gasteiger partial charge in [-0.3, -0.25) is 0 Å². The highest BCUT2D eigenvalue weighted by Gasteiger charge is 2.25. The van der Waals surface area contributed by atoms with E-state index in [1.54, 1.807) is 6.07 Å². The van der Waals surface area contributed by atoms with E-state index >= 15 is 0 Å². The molecule has 0 saturated carbocycles. The van der Waals surface area contributed by atoms with Crippen LogP contribution in [0.5, 0.6) is 0 Å². The standard InChI is InChI=1S/C18H18F2O/c19-16-7-3-6-15(18(16)20)11-17(21)14-9-8-12-4-1-2-5-13(12)10-14/h1-7,14,17,21H,8-11H2. The number of hydrogen-bond donors (Lipinski definition) is 1. The molecule has 2 aromatic carbocycles. The summed E-state index contributed by atoms with van der Waals surface area (Å²) < 4.78 is 26.9. The first-order valence-electron chi connectivity index (χ1n) is 7.33. The lowest BCUT2D eigenvalue weighted by atomic mass is 9.79. The van der Waals surface area contributed by atoms with E-state index in [-0.39, 0.29) is 17.9 Å². The predicted octanol–water partition coefficient (Wildman–Crippen LogP) is 3.67. The van der Waals surface area contributed by atoms with Crippen LogP contribution < -0.4 is 0 Å². The summed E-state index contributed by atoms with van der Waals surface area (Å²) in [6, 6.07) is 12.3. The molecule has 1 N–H and O–H groups in total. The summed E-state index contributed by atoms with van der Waals surface area (Å²) in [4.78, 5) is 0. The van der Waals surface area contributed by atoms with Gasteiger partial charge in [0.1, 0.15) is 0 Å². The zero-order valence-electron chi connectivity index (χ0n) is 11.7. The number of fused-ring (bicyclic) bond motifs is 1. The highest BCUT2D eigenvalue weighted by molar-refractivity contribution is 5.30. The van der Waals surface area contributed by atoms with Gasteiger partial charge in [-0.25, -0.2) is 8.78 Å². The summed E-state index contributed by atoms with van der Waals surface area (Å²) in [7, 11) is 0. The number of aryl methyl sites for hydroxylation is 1. The van der Waals surface area contributed by atoms with Crippen molar-refractivity contribution >= 4 is 0 Å². The van der Waals surface area contributed by atoms with Crippen molar-refractivity contribution in [3.05, 3.63) is 70.8 Å². The maximum Gasteiger partial charge on any atom is 0.162 e. The van der Waals surface area contributed by atoms with Crippen LogP contribution in [-0.2, 0) is 19.3 Å². The molecule has 0 spiro atoms. The van der Waals surface area contributed by atoms with Gasteiger partial charge >= 0.3 is 0 Å². The maximum absolute atomic E-state index is 13.7. The topological polar surface area (TPSA) is 20.2 Å². The normalized spacial score (nSPS) is 19.1. The van der Waals surface area contributed by atoms with E-state index in [0.717, 1.165) is 25.3 Å². The van der Waals surface area contributed by atoms with Gasteiger partial charge in [0.15, 0.2) is 11.6 Å². The van der Waals surface area contributed by atoms with Gasteiger partial charge in [-0.05, 0) is 47.9 Å². The molecule has 3 heteroatoms. The molecule has 1 aliphatic rings. The molecule has 0 radical (unpaired) electrons. The SMILES string of the molecule is OC(Cc1cccc(F)c1F)C1CCc2ccccc2C1. The summed E-state index contributed by atoms with van der Waals surface area (Å²) in [5.74, 6) is -1.59. The summed E-state index contributed by atoms with van der Waals surface area (Å²) in [6.07, 6.45) is 2.14. The van der Waals surface area contributed by atoms with Gasteiger partial charge in [0.25, 0.3) is 0 Å². The van der Waals surface area contributed by atoms with Gasteiger partial charge in [0.2, 0.25) is 0 Å². The Morgan fingerprint density at radius 2 is 1.81 bits per heavy atom. The second-order valence-corrected chi connectivity index (χ2v) is 5.76. The fraction of sp³-hybridized carbons (Fsp3) is 0.333. The number of hydrogen-bond acceptors (Lipinski definition) is 1. The van der Waals surface area contributed by atoms with Crippen LogP contribution >= 0.6 is 0 Å². The van der Waals surface area contributed by atoms with E-state index in [0.29, 0.717) is 0 Å². The molecule has 0 bridgehead atoms. The first-order valence-corrected chi connectivity index (χ1v) is 7.33. The van der Waals surface area contributed by atoms with Crippen LogP contribution in [0.4, 0.5) is 8.78 Å². The molecule has 21 heavy (non-hydrogen) atoms. The molecule has 2 aromatic rings. The zero-order chi connectivity index (χ0) is 14.8. The smallest absolute Gasteiger partial charge is 0.162 e. The van der Waals surface area contributed by atoms with Crippen LogP contribution in [0.25, 0.3) is 0 Å². The van der Waals surface area contributed by atoms with Crippen molar-refractivity contribution in [1.82, 2.24) is 0 Å². The van der Waals surface area contributed by atoms with Crippen molar-refractivity contribution in [2.75, 3.05) is 0 Å². The third-order valence-corrected chi connectivity index (χ3v) is 4.39. The molecular formula is C18H18F2O. The monoisotopic (exact) mass is 288 g/mol. The molecule has 0 saturated heterocycles. The fourth-order valence-electron chi connectivity index (χ4n) is 3.15. The highest BCUT2D eigenvalue weighted by atomic mass is 19.2.